The summed E-state index contributed by atoms with van der Waals surface area (Å²) >= 11 is 5.13. The second-order valence-electron chi connectivity index (χ2n) is 2.90. The molecule has 1 N–H and O–H groups in total. The minimum atomic E-state index is -0.242. The quantitative estimate of drug-likeness (QED) is 0.899. The van der Waals surface area contributed by atoms with Crippen LogP contribution in [0.15, 0.2) is 28.7 Å². The largest absolute Gasteiger partial charge is 0.392 e. The third kappa shape index (κ3) is 3.71. The van der Waals surface area contributed by atoms with Crippen molar-refractivity contribution < 1.29 is 5.11 Å². The van der Waals surface area contributed by atoms with E-state index >= 15 is 0 Å². The number of hydrogen-bond donors (Lipinski definition) is 1. The first kappa shape index (κ1) is 11.1. The average molecular weight is 261 g/mol. The fraction of sp³-hybridized carbons (Fsp3) is 0.400. The van der Waals surface area contributed by atoms with Gasteiger partial charge in [-0.05, 0) is 17.9 Å². The molecular formula is C10H13BrOS. The van der Waals surface area contributed by atoms with Crippen molar-refractivity contribution in [2.45, 2.75) is 12.5 Å². The van der Waals surface area contributed by atoms with E-state index in [0.29, 0.717) is 0 Å². The van der Waals surface area contributed by atoms with Crippen LogP contribution in [0.2, 0.25) is 0 Å². The third-order valence-electron chi connectivity index (χ3n) is 1.77. The second-order valence-corrected chi connectivity index (χ2v) is 4.67. The van der Waals surface area contributed by atoms with Crippen LogP contribution in [-0.4, -0.2) is 23.2 Å². The first-order valence-corrected chi connectivity index (χ1v) is 6.33. The van der Waals surface area contributed by atoms with Crippen LogP contribution >= 0.6 is 27.7 Å². The Morgan fingerprint density at radius 2 is 2.15 bits per heavy atom. The molecule has 0 radical (unpaired) electrons. The van der Waals surface area contributed by atoms with E-state index in [1.54, 1.807) is 11.8 Å². The maximum absolute atomic E-state index is 9.59. The van der Waals surface area contributed by atoms with E-state index in [9.17, 15) is 5.11 Å². The van der Waals surface area contributed by atoms with Crippen LogP contribution in [0.1, 0.15) is 5.56 Å². The fourth-order valence-electron chi connectivity index (χ4n) is 1.17. The van der Waals surface area contributed by atoms with Crippen molar-refractivity contribution >= 4 is 27.7 Å². The summed E-state index contributed by atoms with van der Waals surface area (Å²) in [6, 6.07) is 8.01. The van der Waals surface area contributed by atoms with Crippen LogP contribution in [0, 0.1) is 0 Å². The third-order valence-corrected chi connectivity index (χ3v) is 3.26. The zero-order valence-electron chi connectivity index (χ0n) is 7.53. The van der Waals surface area contributed by atoms with Gasteiger partial charge in [0.05, 0.1) is 6.10 Å². The van der Waals surface area contributed by atoms with Gasteiger partial charge in [-0.2, -0.15) is 11.8 Å². The Balaban J connectivity index is 2.58. The number of benzene rings is 1. The highest BCUT2D eigenvalue weighted by atomic mass is 79.9. The molecule has 1 rings (SSSR count). The summed E-state index contributed by atoms with van der Waals surface area (Å²) < 4.78 is 1.08. The van der Waals surface area contributed by atoms with E-state index in [2.05, 4.69) is 15.9 Å². The normalized spacial score (nSPS) is 12.8. The Morgan fingerprint density at radius 3 is 2.77 bits per heavy atom. The molecule has 0 fully saturated rings. The Morgan fingerprint density at radius 1 is 1.46 bits per heavy atom. The first-order chi connectivity index (χ1) is 6.24. The predicted molar refractivity (Wildman–Crippen MR) is 62.2 cm³/mol. The van der Waals surface area contributed by atoms with Crippen LogP contribution < -0.4 is 0 Å². The molecule has 1 aromatic carbocycles. The average Bonchev–Trinajstić information content (AvgIpc) is 2.09. The van der Waals surface area contributed by atoms with Gasteiger partial charge >= 0.3 is 0 Å². The van der Waals surface area contributed by atoms with Gasteiger partial charge in [-0.15, -0.1) is 0 Å². The zero-order chi connectivity index (χ0) is 9.68. The van der Waals surface area contributed by atoms with Crippen molar-refractivity contribution in [3.63, 3.8) is 0 Å². The number of aliphatic hydroxyl groups excluding tert-OH is 1. The van der Waals surface area contributed by atoms with Crippen molar-refractivity contribution in [3.05, 3.63) is 34.3 Å². The first-order valence-electron chi connectivity index (χ1n) is 4.14. The van der Waals surface area contributed by atoms with E-state index in [1.165, 1.54) is 5.56 Å². The summed E-state index contributed by atoms with van der Waals surface area (Å²) in [6.07, 6.45) is 2.49. The Kier molecular flexibility index (Phi) is 4.84. The topological polar surface area (TPSA) is 20.2 Å². The SMILES string of the molecule is CSCC(O)Cc1ccccc1Br. The van der Waals surface area contributed by atoms with E-state index in [-0.39, 0.29) is 6.10 Å². The highest BCUT2D eigenvalue weighted by Gasteiger charge is 2.06. The molecule has 0 amide bonds. The minimum Gasteiger partial charge on any atom is -0.392 e. The van der Waals surface area contributed by atoms with E-state index in [4.69, 9.17) is 0 Å². The maximum atomic E-state index is 9.59. The highest BCUT2D eigenvalue weighted by molar-refractivity contribution is 9.10. The molecule has 0 bridgehead atoms. The van der Waals surface area contributed by atoms with Gasteiger partial charge in [0.1, 0.15) is 0 Å². The summed E-state index contributed by atoms with van der Waals surface area (Å²) in [5.74, 6) is 0.793. The molecule has 1 aromatic rings. The van der Waals surface area contributed by atoms with Crippen LogP contribution in [0.25, 0.3) is 0 Å². The monoisotopic (exact) mass is 260 g/mol. The van der Waals surface area contributed by atoms with Gasteiger partial charge in [-0.1, -0.05) is 34.1 Å². The lowest BCUT2D eigenvalue weighted by Gasteiger charge is -2.09. The van der Waals surface area contributed by atoms with E-state index in [1.807, 2.05) is 30.5 Å². The van der Waals surface area contributed by atoms with Gasteiger partial charge in [0, 0.05) is 16.6 Å². The molecule has 72 valence electrons. The van der Waals surface area contributed by atoms with Gasteiger partial charge in [-0.25, -0.2) is 0 Å². The summed E-state index contributed by atoms with van der Waals surface area (Å²) in [6.45, 7) is 0. The molecule has 3 heteroatoms. The van der Waals surface area contributed by atoms with Crippen LogP contribution in [0.3, 0.4) is 0 Å². The van der Waals surface area contributed by atoms with Gasteiger partial charge in [0.2, 0.25) is 0 Å². The zero-order valence-corrected chi connectivity index (χ0v) is 9.94. The van der Waals surface area contributed by atoms with Crippen molar-refractivity contribution in [3.8, 4) is 0 Å². The molecule has 1 unspecified atom stereocenters. The van der Waals surface area contributed by atoms with Crippen molar-refractivity contribution in [1.82, 2.24) is 0 Å². The van der Waals surface area contributed by atoms with E-state index < -0.39 is 0 Å². The van der Waals surface area contributed by atoms with Crippen molar-refractivity contribution in [1.29, 1.82) is 0 Å². The van der Waals surface area contributed by atoms with Crippen LogP contribution in [0.5, 0.6) is 0 Å². The fourth-order valence-corrected chi connectivity index (χ4v) is 2.12. The van der Waals surface area contributed by atoms with Gasteiger partial charge in [-0.3, -0.25) is 0 Å². The van der Waals surface area contributed by atoms with Crippen LogP contribution in [0.4, 0.5) is 0 Å². The molecule has 0 aliphatic carbocycles. The molecular weight excluding hydrogens is 248 g/mol. The number of hydrogen-bond acceptors (Lipinski definition) is 2. The lowest BCUT2D eigenvalue weighted by Crippen LogP contribution is -2.13. The lowest BCUT2D eigenvalue weighted by atomic mass is 10.1. The number of aliphatic hydroxyl groups is 1. The summed E-state index contributed by atoms with van der Waals surface area (Å²) in [5, 5.41) is 9.59. The van der Waals surface area contributed by atoms with Gasteiger partial charge in [0.25, 0.3) is 0 Å². The maximum Gasteiger partial charge on any atom is 0.0671 e. The molecule has 0 spiro atoms. The number of thioether (sulfide) groups is 1. The highest BCUT2D eigenvalue weighted by Crippen LogP contribution is 2.18. The van der Waals surface area contributed by atoms with Crippen molar-refractivity contribution in [2.24, 2.45) is 0 Å². The molecule has 0 aliphatic heterocycles. The molecule has 0 aromatic heterocycles. The minimum absolute atomic E-state index is 0.242. The number of rotatable bonds is 4. The predicted octanol–water partition coefficient (Wildman–Crippen LogP) is 2.72. The molecule has 0 aliphatic rings. The standard InChI is InChI=1S/C10H13BrOS/c1-13-7-9(12)6-8-4-2-3-5-10(8)11/h2-5,9,12H,6-7H2,1H3. The molecule has 1 atom stereocenters. The number of halogens is 1. The summed E-state index contributed by atoms with van der Waals surface area (Å²) in [5.41, 5.74) is 1.17. The molecule has 0 saturated carbocycles. The smallest absolute Gasteiger partial charge is 0.0671 e. The lowest BCUT2D eigenvalue weighted by molar-refractivity contribution is 0.200. The Labute approximate surface area is 91.7 Å². The molecule has 0 saturated heterocycles. The van der Waals surface area contributed by atoms with Crippen molar-refractivity contribution in [2.75, 3.05) is 12.0 Å². The molecule has 1 nitrogen and oxygen atoms in total. The molecule has 0 heterocycles. The second kappa shape index (κ2) is 5.68. The summed E-state index contributed by atoms with van der Waals surface area (Å²) in [4.78, 5) is 0. The van der Waals surface area contributed by atoms with Gasteiger partial charge in [0.15, 0.2) is 0 Å². The Hall–Kier alpha value is 0.01000. The summed E-state index contributed by atoms with van der Waals surface area (Å²) in [7, 11) is 0. The Bertz CT molecular complexity index is 265. The molecule has 13 heavy (non-hydrogen) atoms. The van der Waals surface area contributed by atoms with Gasteiger partial charge < -0.3 is 5.11 Å². The van der Waals surface area contributed by atoms with E-state index in [0.717, 1.165) is 16.6 Å². The van der Waals surface area contributed by atoms with Crippen LogP contribution in [-0.2, 0) is 6.42 Å².